The van der Waals surface area contributed by atoms with E-state index in [1.165, 1.54) is 167 Å². The number of rotatable bonds is 63. The normalized spacial score (nSPS) is 14.2. The second-order valence-electron chi connectivity index (χ2n) is 24.7. The Morgan fingerprint density at radius 3 is 1.11 bits per heavy atom. The molecule has 0 radical (unpaired) electrons. The third kappa shape index (κ3) is 65.0. The van der Waals surface area contributed by atoms with Gasteiger partial charge < -0.3 is 19.4 Å². The molecular formula is C75H134N2O7P+. The zero-order valence-corrected chi connectivity index (χ0v) is 57.0. The van der Waals surface area contributed by atoms with Gasteiger partial charge in [0.15, 0.2) is 0 Å². The molecule has 0 bridgehead atoms. The monoisotopic (exact) mass is 1210 g/mol. The Kier molecular flexibility index (Phi) is 61.2. The van der Waals surface area contributed by atoms with E-state index in [1.54, 1.807) is 0 Å². The number of hydrogen-bond donors (Lipinski definition) is 2. The van der Waals surface area contributed by atoms with E-state index < -0.39 is 20.0 Å². The number of allylic oxidation sites excluding steroid dienone is 17. The summed E-state index contributed by atoms with van der Waals surface area (Å²) in [5.41, 5.74) is 0. The lowest BCUT2D eigenvalue weighted by Crippen LogP contribution is -2.47. The summed E-state index contributed by atoms with van der Waals surface area (Å²) >= 11 is 0. The number of carbonyl (C=O) groups excluding carboxylic acids is 2. The number of unbranched alkanes of at least 4 members (excludes halogenated alkanes) is 31. The molecular weight excluding hydrogens is 1070 g/mol. The van der Waals surface area contributed by atoms with Crippen molar-refractivity contribution in [3.63, 3.8) is 0 Å². The summed E-state index contributed by atoms with van der Waals surface area (Å²) < 4.78 is 30.8. The maximum Gasteiger partial charge on any atom is 0.472 e. The van der Waals surface area contributed by atoms with Gasteiger partial charge in [0.25, 0.3) is 0 Å². The van der Waals surface area contributed by atoms with Gasteiger partial charge >= 0.3 is 13.8 Å². The maximum atomic E-state index is 13.6. The summed E-state index contributed by atoms with van der Waals surface area (Å²) in [5, 5.41) is 3.05. The largest absolute Gasteiger partial charge is 0.472 e. The van der Waals surface area contributed by atoms with Crippen LogP contribution in [0.25, 0.3) is 0 Å². The molecule has 2 N–H and O–H groups in total. The van der Waals surface area contributed by atoms with Crippen LogP contribution in [0.1, 0.15) is 303 Å². The summed E-state index contributed by atoms with van der Waals surface area (Å²) in [4.78, 5) is 37.9. The van der Waals surface area contributed by atoms with Crippen molar-refractivity contribution in [2.75, 3.05) is 40.9 Å². The number of likely N-dealkylation sites (N-methyl/N-ethyl adjacent to an activating group) is 1. The fourth-order valence-corrected chi connectivity index (χ4v) is 10.5. The Morgan fingerprint density at radius 2 is 0.718 bits per heavy atom. The van der Waals surface area contributed by atoms with E-state index in [0.29, 0.717) is 23.9 Å². The molecule has 0 heterocycles. The Bertz CT molecular complexity index is 1820. The molecule has 85 heavy (non-hydrogen) atoms. The van der Waals surface area contributed by atoms with Crippen LogP contribution in [-0.2, 0) is 27.9 Å². The average Bonchev–Trinajstić information content (AvgIpc) is 3.50. The third-order valence-electron chi connectivity index (χ3n) is 15.2. The lowest BCUT2D eigenvalue weighted by Gasteiger charge is -2.27. The molecule has 10 heteroatoms. The zero-order chi connectivity index (χ0) is 62.1. The molecule has 0 aromatic carbocycles. The first-order valence-corrected chi connectivity index (χ1v) is 36.7. The van der Waals surface area contributed by atoms with Gasteiger partial charge in [-0.25, -0.2) is 4.57 Å². The summed E-state index contributed by atoms with van der Waals surface area (Å²) in [6.45, 7) is 6.94. The quantitative estimate of drug-likeness (QED) is 0.0205. The highest BCUT2D eigenvalue weighted by molar-refractivity contribution is 7.47. The molecule has 0 aromatic heterocycles. The van der Waals surface area contributed by atoms with Gasteiger partial charge in [-0.1, -0.05) is 278 Å². The molecule has 0 aliphatic carbocycles. The van der Waals surface area contributed by atoms with E-state index in [4.69, 9.17) is 13.8 Å². The minimum atomic E-state index is -4.47. The summed E-state index contributed by atoms with van der Waals surface area (Å²) in [6.07, 6.45) is 88.1. The molecule has 0 fully saturated rings. The molecule has 0 aromatic rings. The van der Waals surface area contributed by atoms with Crippen molar-refractivity contribution in [2.24, 2.45) is 0 Å². The Balaban J connectivity index is 5.16. The minimum Gasteiger partial charge on any atom is -0.456 e. The maximum absolute atomic E-state index is 13.6. The molecule has 0 spiro atoms. The van der Waals surface area contributed by atoms with Gasteiger partial charge in [-0.3, -0.25) is 18.6 Å². The van der Waals surface area contributed by atoms with Crippen LogP contribution in [0.3, 0.4) is 0 Å². The lowest BCUT2D eigenvalue weighted by molar-refractivity contribution is -0.870. The van der Waals surface area contributed by atoms with Crippen LogP contribution in [0.15, 0.2) is 109 Å². The first kappa shape index (κ1) is 81.7. The van der Waals surface area contributed by atoms with Crippen LogP contribution in [0.5, 0.6) is 0 Å². The number of carbonyl (C=O) groups is 2. The molecule has 0 saturated heterocycles. The van der Waals surface area contributed by atoms with E-state index in [2.05, 4.69) is 123 Å². The second-order valence-corrected chi connectivity index (χ2v) is 26.1. The summed E-state index contributed by atoms with van der Waals surface area (Å²) in [7, 11) is 1.46. The van der Waals surface area contributed by atoms with Crippen molar-refractivity contribution in [2.45, 2.75) is 315 Å². The number of phosphoric acid groups is 1. The SMILES string of the molecule is CCCCC/C=C\C/C=C\C/C=C\C/C=C\CCCCCCCCCCCCCC(=O)OC(/C=C\CCCCCCCCCCCCC)C(COP(=O)(O)OCC[N+](C)(C)C)NC(=O)CCCCC/C=C\C/C=C\C/C=C\C/C=C\CCCCC. The number of esters is 1. The highest BCUT2D eigenvalue weighted by atomic mass is 31.2. The predicted octanol–water partition coefficient (Wildman–Crippen LogP) is 22.5. The first-order chi connectivity index (χ1) is 41.4. The second kappa shape index (κ2) is 63.7. The number of quaternary nitrogens is 1. The molecule has 3 unspecified atom stereocenters. The van der Waals surface area contributed by atoms with Crippen molar-refractivity contribution < 1.29 is 37.3 Å². The fourth-order valence-electron chi connectivity index (χ4n) is 9.73. The van der Waals surface area contributed by atoms with Gasteiger partial charge in [0.2, 0.25) is 5.91 Å². The van der Waals surface area contributed by atoms with Crippen molar-refractivity contribution in [1.82, 2.24) is 5.32 Å². The Hall–Kier alpha value is -3.33. The molecule has 0 aliphatic rings. The van der Waals surface area contributed by atoms with Crippen molar-refractivity contribution >= 4 is 19.7 Å². The predicted molar refractivity (Wildman–Crippen MR) is 369 cm³/mol. The number of nitrogens with zero attached hydrogens (tertiary/aromatic N) is 1. The molecule has 490 valence electrons. The van der Waals surface area contributed by atoms with Crippen LogP contribution in [0.4, 0.5) is 0 Å². The number of hydrogen-bond acceptors (Lipinski definition) is 6. The summed E-state index contributed by atoms with van der Waals surface area (Å²) in [6, 6.07) is -0.874. The molecule has 9 nitrogen and oxygen atoms in total. The Labute approximate surface area is 525 Å². The first-order valence-electron chi connectivity index (χ1n) is 35.2. The molecule has 0 rings (SSSR count). The van der Waals surface area contributed by atoms with E-state index in [-0.39, 0.29) is 31.5 Å². The fraction of sp³-hybridized carbons (Fsp3) is 0.733. The van der Waals surface area contributed by atoms with Crippen LogP contribution in [0.2, 0.25) is 0 Å². The van der Waals surface area contributed by atoms with Crippen molar-refractivity contribution in [3.05, 3.63) is 109 Å². The topological polar surface area (TPSA) is 111 Å². The van der Waals surface area contributed by atoms with Gasteiger partial charge in [0, 0.05) is 12.8 Å². The third-order valence-corrected chi connectivity index (χ3v) is 16.2. The minimum absolute atomic E-state index is 0.0287. The van der Waals surface area contributed by atoms with E-state index in [9.17, 15) is 19.0 Å². The van der Waals surface area contributed by atoms with Crippen LogP contribution in [-0.4, -0.2) is 74.3 Å². The standard InChI is InChI=1S/C75H133N2O7P/c1-7-10-13-16-19-22-25-28-30-32-34-35-36-37-38-39-40-41-43-45-47-50-53-56-59-62-65-68-75(79)84-73(66-63-60-57-54-51-48-27-24-21-18-15-12-9-3)72(71-83-85(80,81)82-70-69-77(4,5)6)76-74(78)67-64-61-58-55-52-49-46-44-42-33-31-29-26-23-20-17-14-11-8-2/h19-20,22-23,28-31,34-35,37-38,42,44,49,52,63,66,72-73H,7-18,21,24-27,32-33,36,39-41,43,45-48,50-51,53-62,64-65,67-71H2,1-6H3,(H-,76,78,80,81)/p+1/b22-19-,23-20-,30-28-,31-29-,35-34-,38-37-,44-42-,52-49-,66-63-. The highest BCUT2D eigenvalue weighted by Gasteiger charge is 2.30. The summed E-state index contributed by atoms with van der Waals surface area (Å²) in [5.74, 6) is -0.544. The Morgan fingerprint density at radius 1 is 0.412 bits per heavy atom. The zero-order valence-electron chi connectivity index (χ0n) is 56.1. The van der Waals surface area contributed by atoms with Gasteiger partial charge in [-0.15, -0.1) is 0 Å². The lowest BCUT2D eigenvalue weighted by atomic mass is 10.0. The van der Waals surface area contributed by atoms with Gasteiger partial charge in [-0.05, 0) is 122 Å². The molecule has 0 saturated carbocycles. The van der Waals surface area contributed by atoms with E-state index in [0.717, 1.165) is 96.3 Å². The van der Waals surface area contributed by atoms with Gasteiger partial charge in [-0.2, -0.15) is 0 Å². The highest BCUT2D eigenvalue weighted by Crippen LogP contribution is 2.43. The molecule has 0 aliphatic heterocycles. The van der Waals surface area contributed by atoms with Gasteiger partial charge in [0.05, 0.1) is 33.8 Å². The van der Waals surface area contributed by atoms with Crippen molar-refractivity contribution in [3.8, 4) is 0 Å². The number of ether oxygens (including phenoxy) is 1. The molecule has 1 amide bonds. The van der Waals surface area contributed by atoms with Crippen LogP contribution in [0, 0.1) is 0 Å². The number of nitrogens with one attached hydrogen (secondary N) is 1. The van der Waals surface area contributed by atoms with E-state index >= 15 is 0 Å². The average molecular weight is 1210 g/mol. The molecule has 3 atom stereocenters. The van der Waals surface area contributed by atoms with Gasteiger partial charge in [0.1, 0.15) is 19.3 Å². The smallest absolute Gasteiger partial charge is 0.456 e. The van der Waals surface area contributed by atoms with Crippen molar-refractivity contribution in [1.29, 1.82) is 0 Å². The van der Waals surface area contributed by atoms with Crippen LogP contribution >= 0.6 is 7.82 Å². The number of phosphoric ester groups is 1. The van der Waals surface area contributed by atoms with E-state index in [1.807, 2.05) is 33.3 Å². The number of amides is 1. The van der Waals surface area contributed by atoms with Crippen LogP contribution < -0.4 is 5.32 Å².